The summed E-state index contributed by atoms with van der Waals surface area (Å²) < 4.78 is 5.54. The van der Waals surface area contributed by atoms with Crippen LogP contribution in [0.4, 0.5) is 0 Å². The van der Waals surface area contributed by atoms with Crippen LogP contribution >= 0.6 is 0 Å². The van der Waals surface area contributed by atoms with Crippen molar-refractivity contribution in [1.82, 2.24) is 4.90 Å². The third-order valence-corrected chi connectivity index (χ3v) is 3.06. The van der Waals surface area contributed by atoms with Crippen LogP contribution in [0.2, 0.25) is 0 Å². The van der Waals surface area contributed by atoms with E-state index in [9.17, 15) is 0 Å². The van der Waals surface area contributed by atoms with Gasteiger partial charge in [0.15, 0.2) is 0 Å². The summed E-state index contributed by atoms with van der Waals surface area (Å²) in [6.07, 6.45) is 2.36. The van der Waals surface area contributed by atoms with Gasteiger partial charge in [0.1, 0.15) is 11.5 Å². The van der Waals surface area contributed by atoms with Gasteiger partial charge in [-0.15, -0.1) is 0 Å². The highest BCUT2D eigenvalue weighted by atomic mass is 16.3. The first-order valence-electron chi connectivity index (χ1n) is 5.63. The lowest BCUT2D eigenvalue weighted by Crippen LogP contribution is -2.41. The number of nitrogens with zero attached hydrogens (tertiary/aromatic N) is 1. The zero-order valence-corrected chi connectivity index (χ0v) is 9.57. The molecule has 1 aromatic rings. The highest BCUT2D eigenvalue weighted by molar-refractivity contribution is 5.05. The molecule has 0 saturated heterocycles. The van der Waals surface area contributed by atoms with E-state index in [-0.39, 0.29) is 0 Å². The van der Waals surface area contributed by atoms with Gasteiger partial charge < -0.3 is 10.2 Å². The van der Waals surface area contributed by atoms with E-state index in [1.165, 1.54) is 12.8 Å². The molecule has 1 fully saturated rings. The fraction of sp³-hybridized carbons (Fsp3) is 0.667. The van der Waals surface area contributed by atoms with Crippen LogP contribution < -0.4 is 5.73 Å². The summed E-state index contributed by atoms with van der Waals surface area (Å²) in [5.41, 5.74) is 5.76. The van der Waals surface area contributed by atoms with E-state index in [0.29, 0.717) is 6.04 Å². The molecular weight excluding hydrogens is 188 g/mol. The fourth-order valence-corrected chi connectivity index (χ4v) is 2.28. The predicted octanol–water partition coefficient (Wildman–Crippen LogP) is 1.76. The number of hydrogen-bond donors (Lipinski definition) is 1. The largest absolute Gasteiger partial charge is 0.465 e. The molecule has 0 atom stereocenters. The quantitative estimate of drug-likeness (QED) is 0.819. The Hall–Kier alpha value is -0.800. The number of aryl methyl sites for hydroxylation is 1. The number of nitrogens with two attached hydrogens (primary N) is 1. The van der Waals surface area contributed by atoms with Crippen molar-refractivity contribution >= 4 is 0 Å². The maximum absolute atomic E-state index is 5.76. The summed E-state index contributed by atoms with van der Waals surface area (Å²) in [7, 11) is 2.14. The van der Waals surface area contributed by atoms with Crippen molar-refractivity contribution in [2.45, 2.75) is 32.4 Å². The SMILES string of the molecule is Cc1ccc(CN(C)CC2CC(N)C2)o1. The number of hydrogen-bond acceptors (Lipinski definition) is 3. The zero-order valence-electron chi connectivity index (χ0n) is 9.57. The Morgan fingerprint density at radius 1 is 1.47 bits per heavy atom. The maximum Gasteiger partial charge on any atom is 0.118 e. The van der Waals surface area contributed by atoms with Crippen molar-refractivity contribution in [1.29, 1.82) is 0 Å². The summed E-state index contributed by atoms with van der Waals surface area (Å²) in [5, 5.41) is 0. The minimum absolute atomic E-state index is 0.453. The normalized spacial score (nSPS) is 25.6. The standard InChI is InChI=1S/C12H20N2O/c1-9-3-4-12(15-9)8-14(2)7-10-5-11(13)6-10/h3-4,10-11H,5-8,13H2,1-2H3. The topological polar surface area (TPSA) is 42.4 Å². The average molecular weight is 208 g/mol. The first-order valence-corrected chi connectivity index (χ1v) is 5.63. The smallest absolute Gasteiger partial charge is 0.118 e. The lowest BCUT2D eigenvalue weighted by molar-refractivity contribution is 0.171. The second-order valence-corrected chi connectivity index (χ2v) is 4.81. The molecule has 3 heteroatoms. The fourth-order valence-electron chi connectivity index (χ4n) is 2.28. The average Bonchev–Trinajstić information content (AvgIpc) is 2.48. The van der Waals surface area contributed by atoms with Gasteiger partial charge >= 0.3 is 0 Å². The van der Waals surface area contributed by atoms with Crippen molar-refractivity contribution in [3.63, 3.8) is 0 Å². The minimum atomic E-state index is 0.453. The Balaban J connectivity index is 1.75. The van der Waals surface area contributed by atoms with Gasteiger partial charge in [-0.1, -0.05) is 0 Å². The molecule has 15 heavy (non-hydrogen) atoms. The Kier molecular flexibility index (Phi) is 3.12. The second-order valence-electron chi connectivity index (χ2n) is 4.81. The first-order chi connectivity index (χ1) is 7.13. The summed E-state index contributed by atoms with van der Waals surface area (Å²) in [6, 6.07) is 4.52. The van der Waals surface area contributed by atoms with E-state index in [4.69, 9.17) is 10.2 Å². The highest BCUT2D eigenvalue weighted by Gasteiger charge is 2.26. The molecule has 0 aromatic carbocycles. The Bertz CT molecular complexity index is 315. The molecule has 0 spiro atoms. The van der Waals surface area contributed by atoms with Gasteiger partial charge in [-0.25, -0.2) is 0 Å². The van der Waals surface area contributed by atoms with E-state index >= 15 is 0 Å². The number of furan rings is 1. The van der Waals surface area contributed by atoms with Crippen molar-refractivity contribution in [2.75, 3.05) is 13.6 Å². The van der Waals surface area contributed by atoms with E-state index in [0.717, 1.165) is 30.5 Å². The molecule has 84 valence electrons. The van der Waals surface area contributed by atoms with Crippen LogP contribution in [-0.4, -0.2) is 24.5 Å². The van der Waals surface area contributed by atoms with E-state index in [1.54, 1.807) is 0 Å². The number of rotatable bonds is 4. The molecule has 1 heterocycles. The van der Waals surface area contributed by atoms with Gasteiger partial charge in [0, 0.05) is 12.6 Å². The summed E-state index contributed by atoms with van der Waals surface area (Å²) in [5.74, 6) is 2.84. The monoisotopic (exact) mass is 208 g/mol. The summed E-state index contributed by atoms with van der Waals surface area (Å²) in [4.78, 5) is 2.31. The van der Waals surface area contributed by atoms with Crippen molar-refractivity contribution in [3.8, 4) is 0 Å². The molecule has 1 aromatic heterocycles. The van der Waals surface area contributed by atoms with Crippen LogP contribution in [0.15, 0.2) is 16.5 Å². The molecule has 3 nitrogen and oxygen atoms in total. The van der Waals surface area contributed by atoms with Crippen molar-refractivity contribution in [3.05, 3.63) is 23.7 Å². The lowest BCUT2D eigenvalue weighted by Gasteiger charge is -2.35. The molecule has 2 N–H and O–H groups in total. The van der Waals surface area contributed by atoms with Gasteiger partial charge in [0.05, 0.1) is 6.54 Å². The second kappa shape index (κ2) is 4.37. The van der Waals surface area contributed by atoms with Crippen molar-refractivity contribution in [2.24, 2.45) is 11.7 Å². The van der Waals surface area contributed by atoms with Crippen LogP contribution in [-0.2, 0) is 6.54 Å². The molecule has 0 bridgehead atoms. The highest BCUT2D eigenvalue weighted by Crippen LogP contribution is 2.26. The molecule has 0 aliphatic heterocycles. The molecule has 0 unspecified atom stereocenters. The van der Waals surface area contributed by atoms with Gasteiger partial charge in [-0.2, -0.15) is 0 Å². The summed E-state index contributed by atoms with van der Waals surface area (Å²) in [6.45, 7) is 4.02. The Labute approximate surface area is 91.2 Å². The molecule has 1 saturated carbocycles. The van der Waals surface area contributed by atoms with Crippen LogP contribution in [0.3, 0.4) is 0 Å². The van der Waals surface area contributed by atoms with Gasteiger partial charge in [-0.3, -0.25) is 4.90 Å². The van der Waals surface area contributed by atoms with Crippen LogP contribution in [0.25, 0.3) is 0 Å². The molecule has 1 aliphatic carbocycles. The van der Waals surface area contributed by atoms with Gasteiger partial charge in [-0.05, 0) is 44.9 Å². The third-order valence-electron chi connectivity index (χ3n) is 3.06. The predicted molar refractivity (Wildman–Crippen MR) is 60.5 cm³/mol. The minimum Gasteiger partial charge on any atom is -0.465 e. The molecule has 2 rings (SSSR count). The van der Waals surface area contributed by atoms with E-state index in [1.807, 2.05) is 13.0 Å². The van der Waals surface area contributed by atoms with Gasteiger partial charge in [0.2, 0.25) is 0 Å². The molecule has 0 radical (unpaired) electrons. The summed E-state index contributed by atoms with van der Waals surface area (Å²) >= 11 is 0. The Morgan fingerprint density at radius 2 is 2.20 bits per heavy atom. The van der Waals surface area contributed by atoms with E-state index < -0.39 is 0 Å². The van der Waals surface area contributed by atoms with Crippen molar-refractivity contribution < 1.29 is 4.42 Å². The van der Waals surface area contributed by atoms with Crippen LogP contribution in [0.5, 0.6) is 0 Å². The molecule has 0 amide bonds. The zero-order chi connectivity index (χ0) is 10.8. The molecule has 1 aliphatic rings. The maximum atomic E-state index is 5.76. The third kappa shape index (κ3) is 2.83. The molecular formula is C12H20N2O. The lowest BCUT2D eigenvalue weighted by atomic mass is 9.80. The van der Waals surface area contributed by atoms with E-state index in [2.05, 4.69) is 18.0 Å². The van der Waals surface area contributed by atoms with Crippen LogP contribution in [0, 0.1) is 12.8 Å². The van der Waals surface area contributed by atoms with Gasteiger partial charge in [0.25, 0.3) is 0 Å². The van der Waals surface area contributed by atoms with Crippen LogP contribution in [0.1, 0.15) is 24.4 Å². The first kappa shape index (κ1) is 10.7. The Morgan fingerprint density at radius 3 is 2.73 bits per heavy atom.